The van der Waals surface area contributed by atoms with Gasteiger partial charge in [0.1, 0.15) is 0 Å². The van der Waals surface area contributed by atoms with Crippen LogP contribution in [0.5, 0.6) is 0 Å². The van der Waals surface area contributed by atoms with E-state index in [1.54, 1.807) is 0 Å². The van der Waals surface area contributed by atoms with Crippen molar-refractivity contribution in [1.29, 1.82) is 0 Å². The van der Waals surface area contributed by atoms with Crippen LogP contribution >= 0.6 is 15.9 Å². The van der Waals surface area contributed by atoms with Gasteiger partial charge in [0.2, 0.25) is 11.7 Å². The average molecular weight is 352 g/mol. The first kappa shape index (κ1) is 16.2. The van der Waals surface area contributed by atoms with Gasteiger partial charge in [0.25, 0.3) is 0 Å². The number of hydrogen-bond acceptors (Lipinski definition) is 4. The maximum absolute atomic E-state index is 5.77. The van der Waals surface area contributed by atoms with E-state index < -0.39 is 0 Å². The van der Waals surface area contributed by atoms with Crippen LogP contribution in [0.3, 0.4) is 0 Å². The molecule has 0 aliphatic carbocycles. The van der Waals surface area contributed by atoms with Crippen LogP contribution in [0.2, 0.25) is 0 Å². The summed E-state index contributed by atoms with van der Waals surface area (Å²) in [4.78, 5) is 4.54. The molecule has 5 heteroatoms. The Morgan fingerprint density at radius 2 is 2.05 bits per heavy atom. The first-order chi connectivity index (χ1) is 9.97. The molecule has 0 saturated carbocycles. The second-order valence-electron chi connectivity index (χ2n) is 5.72. The minimum atomic E-state index is 0.251. The fourth-order valence-electron chi connectivity index (χ4n) is 2.29. The fraction of sp³-hybridized carbons (Fsp3) is 0.500. The highest BCUT2D eigenvalue weighted by molar-refractivity contribution is 9.10. The number of halogens is 1. The Hall–Kier alpha value is -1.20. The largest absolute Gasteiger partial charge is 0.339 e. The Morgan fingerprint density at radius 1 is 1.29 bits per heavy atom. The average Bonchev–Trinajstić information content (AvgIpc) is 2.87. The molecule has 2 atom stereocenters. The van der Waals surface area contributed by atoms with Gasteiger partial charge in [0.05, 0.1) is 0 Å². The van der Waals surface area contributed by atoms with Crippen LogP contribution in [0.25, 0.3) is 11.4 Å². The number of aromatic nitrogens is 2. The van der Waals surface area contributed by atoms with Crippen LogP contribution in [0.15, 0.2) is 27.2 Å². The summed E-state index contributed by atoms with van der Waals surface area (Å²) >= 11 is 3.46. The minimum Gasteiger partial charge on any atom is -0.339 e. The molecule has 0 aliphatic heterocycles. The summed E-state index contributed by atoms with van der Waals surface area (Å²) in [6, 6.07) is 6.30. The van der Waals surface area contributed by atoms with Crippen LogP contribution in [0.4, 0.5) is 0 Å². The van der Waals surface area contributed by atoms with Gasteiger partial charge in [0, 0.05) is 22.0 Å². The lowest BCUT2D eigenvalue weighted by molar-refractivity contribution is 0.350. The summed E-state index contributed by atoms with van der Waals surface area (Å²) < 4.78 is 6.47. The van der Waals surface area contributed by atoms with E-state index in [1.807, 2.05) is 26.0 Å². The quantitative estimate of drug-likeness (QED) is 0.835. The Balaban J connectivity index is 2.07. The third-order valence-electron chi connectivity index (χ3n) is 3.59. The lowest BCUT2D eigenvalue weighted by Gasteiger charge is -2.07. The molecule has 2 unspecified atom stereocenters. The Labute approximate surface area is 134 Å². The van der Waals surface area contributed by atoms with Gasteiger partial charge >= 0.3 is 0 Å². The summed E-state index contributed by atoms with van der Waals surface area (Å²) in [5, 5.41) is 4.12. The van der Waals surface area contributed by atoms with E-state index in [0.29, 0.717) is 11.7 Å². The van der Waals surface area contributed by atoms with Gasteiger partial charge in [-0.05, 0) is 50.5 Å². The van der Waals surface area contributed by atoms with Gasteiger partial charge in [-0.1, -0.05) is 34.4 Å². The first-order valence-corrected chi connectivity index (χ1v) is 8.12. The predicted octanol–water partition coefficient (Wildman–Crippen LogP) is 4.43. The smallest absolute Gasteiger partial charge is 0.229 e. The molecule has 2 rings (SSSR count). The molecule has 0 bridgehead atoms. The third kappa shape index (κ3) is 4.38. The zero-order chi connectivity index (χ0) is 15.4. The molecule has 1 aromatic heterocycles. The van der Waals surface area contributed by atoms with Crippen molar-refractivity contribution in [3.05, 3.63) is 34.1 Å². The molecule has 1 heterocycles. The van der Waals surface area contributed by atoms with Crippen LogP contribution in [0, 0.1) is 6.92 Å². The van der Waals surface area contributed by atoms with E-state index in [-0.39, 0.29) is 12.0 Å². The maximum Gasteiger partial charge on any atom is 0.229 e. The lowest BCUT2D eigenvalue weighted by atomic mass is 10.0. The molecule has 0 fully saturated rings. The van der Waals surface area contributed by atoms with Crippen molar-refractivity contribution in [1.82, 2.24) is 10.1 Å². The van der Waals surface area contributed by atoms with Gasteiger partial charge in [-0.25, -0.2) is 0 Å². The van der Waals surface area contributed by atoms with Crippen molar-refractivity contribution in [2.24, 2.45) is 5.73 Å². The molecule has 0 spiro atoms. The second-order valence-corrected chi connectivity index (χ2v) is 6.64. The van der Waals surface area contributed by atoms with Crippen LogP contribution in [0.1, 0.15) is 50.5 Å². The van der Waals surface area contributed by atoms with Crippen LogP contribution in [-0.2, 0) is 0 Å². The van der Waals surface area contributed by atoms with Gasteiger partial charge in [-0.3, -0.25) is 0 Å². The molecule has 21 heavy (non-hydrogen) atoms. The lowest BCUT2D eigenvalue weighted by Crippen LogP contribution is -2.14. The number of nitrogens with two attached hydrogens (primary N) is 1. The summed E-state index contributed by atoms with van der Waals surface area (Å²) in [5.74, 6) is 1.63. The number of aryl methyl sites for hydroxylation is 1. The number of hydrogen-bond donors (Lipinski definition) is 1. The normalized spacial score (nSPS) is 14.1. The van der Waals surface area contributed by atoms with Crippen molar-refractivity contribution in [3.8, 4) is 11.4 Å². The molecule has 2 aromatic rings. The molecule has 4 nitrogen and oxygen atoms in total. The molecule has 0 aliphatic rings. The molecule has 0 radical (unpaired) electrons. The molecule has 0 amide bonds. The highest BCUT2D eigenvalue weighted by atomic mass is 79.9. The number of rotatable bonds is 6. The first-order valence-electron chi connectivity index (χ1n) is 7.33. The number of benzene rings is 1. The van der Waals surface area contributed by atoms with E-state index >= 15 is 0 Å². The summed E-state index contributed by atoms with van der Waals surface area (Å²) in [6.07, 6.45) is 3.12. The maximum atomic E-state index is 5.77. The topological polar surface area (TPSA) is 64.9 Å². The molecular formula is C16H22BrN3O. The van der Waals surface area contributed by atoms with E-state index in [9.17, 15) is 0 Å². The predicted molar refractivity (Wildman–Crippen MR) is 88.1 cm³/mol. The minimum absolute atomic E-state index is 0.251. The monoisotopic (exact) mass is 351 g/mol. The zero-order valence-electron chi connectivity index (χ0n) is 12.8. The molecule has 1 aromatic carbocycles. The molecule has 0 saturated heterocycles. The van der Waals surface area contributed by atoms with Crippen molar-refractivity contribution in [3.63, 3.8) is 0 Å². The van der Waals surface area contributed by atoms with Crippen molar-refractivity contribution in [2.45, 2.75) is 52.0 Å². The Bertz CT molecular complexity index is 595. The van der Waals surface area contributed by atoms with Crippen molar-refractivity contribution < 1.29 is 4.52 Å². The standard InChI is InChI=1S/C16H22BrN3O/c1-10(5-4-6-12(3)18)16-19-15(20-21-16)14-8-7-13(17)9-11(14)2/h7-10,12H,4-6,18H2,1-3H3. The van der Waals surface area contributed by atoms with E-state index in [0.717, 1.165) is 34.9 Å². The number of nitrogens with zero attached hydrogens (tertiary/aromatic N) is 2. The Morgan fingerprint density at radius 3 is 2.71 bits per heavy atom. The van der Waals surface area contributed by atoms with Crippen molar-refractivity contribution >= 4 is 15.9 Å². The fourth-order valence-corrected chi connectivity index (χ4v) is 2.77. The van der Waals surface area contributed by atoms with Crippen molar-refractivity contribution in [2.75, 3.05) is 0 Å². The summed E-state index contributed by atoms with van der Waals surface area (Å²) in [7, 11) is 0. The zero-order valence-corrected chi connectivity index (χ0v) is 14.4. The Kier molecular flexibility index (Phi) is 5.53. The SMILES string of the molecule is Cc1cc(Br)ccc1-c1noc(C(C)CCCC(C)N)n1. The summed E-state index contributed by atoms with van der Waals surface area (Å²) in [5.41, 5.74) is 7.91. The highest BCUT2D eigenvalue weighted by Crippen LogP contribution is 2.26. The van der Waals surface area contributed by atoms with Crippen LogP contribution in [-0.4, -0.2) is 16.2 Å². The van der Waals surface area contributed by atoms with Gasteiger partial charge in [0.15, 0.2) is 0 Å². The van der Waals surface area contributed by atoms with E-state index in [2.05, 4.69) is 39.1 Å². The van der Waals surface area contributed by atoms with Gasteiger partial charge < -0.3 is 10.3 Å². The highest BCUT2D eigenvalue weighted by Gasteiger charge is 2.16. The summed E-state index contributed by atoms with van der Waals surface area (Å²) in [6.45, 7) is 6.20. The van der Waals surface area contributed by atoms with E-state index in [1.165, 1.54) is 0 Å². The van der Waals surface area contributed by atoms with Gasteiger partial charge in [-0.15, -0.1) is 0 Å². The van der Waals surface area contributed by atoms with Gasteiger partial charge in [-0.2, -0.15) is 4.98 Å². The molecule has 2 N–H and O–H groups in total. The molecular weight excluding hydrogens is 330 g/mol. The third-order valence-corrected chi connectivity index (χ3v) is 4.08. The van der Waals surface area contributed by atoms with Crippen LogP contribution < -0.4 is 5.73 Å². The molecule has 114 valence electrons. The van der Waals surface area contributed by atoms with E-state index in [4.69, 9.17) is 10.3 Å². The second kappa shape index (κ2) is 7.18.